The maximum atomic E-state index is 14.9. The van der Waals surface area contributed by atoms with E-state index >= 15 is 0 Å². The first-order valence-corrected chi connectivity index (χ1v) is 7.95. The lowest BCUT2D eigenvalue weighted by atomic mass is 9.67. The Labute approximate surface area is 134 Å². The first-order valence-electron chi connectivity index (χ1n) is 7.16. The van der Waals surface area contributed by atoms with E-state index in [1.54, 1.807) is 27.7 Å². The van der Waals surface area contributed by atoms with Crippen LogP contribution in [0.4, 0.5) is 8.78 Å². The number of carbonyl (C=O) groups is 1. The zero-order chi connectivity index (χ0) is 17.1. The third kappa shape index (κ3) is 4.15. The quantitative estimate of drug-likeness (QED) is 0.513. The highest BCUT2D eigenvalue weighted by atomic mass is 79.9. The Hall–Kier alpha value is -0.230. The van der Waals surface area contributed by atoms with E-state index in [0.717, 1.165) is 0 Å². The van der Waals surface area contributed by atoms with Gasteiger partial charge in [0.1, 0.15) is 10.9 Å². The number of aliphatic hydroxyl groups excluding tert-OH is 1. The van der Waals surface area contributed by atoms with Crippen molar-refractivity contribution in [3.05, 3.63) is 0 Å². The van der Waals surface area contributed by atoms with Crippen molar-refractivity contribution in [2.24, 2.45) is 10.8 Å². The minimum atomic E-state index is -3.17. The SMILES string of the molecule is CCC(C)(CO)C(F)(F)C(C)(CC)COC(=O)C(C)(C)Br. The molecule has 0 spiro atoms. The van der Waals surface area contributed by atoms with Gasteiger partial charge in [-0.1, -0.05) is 43.6 Å². The van der Waals surface area contributed by atoms with Gasteiger partial charge in [0.15, 0.2) is 0 Å². The molecular weight excluding hydrogens is 346 g/mol. The van der Waals surface area contributed by atoms with Crippen molar-refractivity contribution in [2.75, 3.05) is 13.2 Å². The van der Waals surface area contributed by atoms with Crippen molar-refractivity contribution >= 4 is 21.9 Å². The largest absolute Gasteiger partial charge is 0.464 e. The summed E-state index contributed by atoms with van der Waals surface area (Å²) in [5.74, 6) is -3.75. The molecule has 1 N–H and O–H groups in total. The number of halogens is 3. The van der Waals surface area contributed by atoms with Crippen LogP contribution >= 0.6 is 15.9 Å². The van der Waals surface area contributed by atoms with Gasteiger partial charge in [0.2, 0.25) is 0 Å². The van der Waals surface area contributed by atoms with E-state index in [-0.39, 0.29) is 19.4 Å². The third-order valence-corrected chi connectivity index (χ3v) is 4.76. The number of alkyl halides is 3. The first kappa shape index (κ1) is 20.8. The van der Waals surface area contributed by atoms with Crippen LogP contribution in [0.5, 0.6) is 0 Å². The highest BCUT2D eigenvalue weighted by Crippen LogP contribution is 2.52. The van der Waals surface area contributed by atoms with Crippen LogP contribution in [0.25, 0.3) is 0 Å². The maximum absolute atomic E-state index is 14.9. The molecule has 3 nitrogen and oxygen atoms in total. The van der Waals surface area contributed by atoms with Crippen LogP contribution in [0, 0.1) is 10.8 Å². The molecule has 2 unspecified atom stereocenters. The summed E-state index contributed by atoms with van der Waals surface area (Å²) in [6.07, 6.45) is 0.259. The Balaban J connectivity index is 5.31. The van der Waals surface area contributed by atoms with Gasteiger partial charge >= 0.3 is 5.97 Å². The molecule has 0 aromatic heterocycles. The molecule has 21 heavy (non-hydrogen) atoms. The average Bonchev–Trinajstić information content (AvgIpc) is 2.41. The number of aliphatic hydroxyl groups is 1. The molecule has 0 bridgehead atoms. The van der Waals surface area contributed by atoms with E-state index in [2.05, 4.69) is 15.9 Å². The van der Waals surface area contributed by atoms with E-state index in [9.17, 15) is 18.7 Å². The zero-order valence-electron chi connectivity index (χ0n) is 13.7. The normalized spacial score (nSPS) is 18.8. The van der Waals surface area contributed by atoms with Crippen LogP contribution in [-0.2, 0) is 9.53 Å². The number of hydrogen-bond acceptors (Lipinski definition) is 3. The second-order valence-electron chi connectivity index (χ2n) is 6.61. The van der Waals surface area contributed by atoms with E-state index in [1.807, 2.05) is 0 Å². The minimum Gasteiger partial charge on any atom is -0.464 e. The highest BCUT2D eigenvalue weighted by molar-refractivity contribution is 9.10. The van der Waals surface area contributed by atoms with E-state index in [4.69, 9.17) is 4.74 Å². The Morgan fingerprint density at radius 3 is 1.81 bits per heavy atom. The van der Waals surface area contributed by atoms with Crippen LogP contribution in [0.3, 0.4) is 0 Å². The van der Waals surface area contributed by atoms with Crippen molar-refractivity contribution < 1.29 is 23.4 Å². The predicted octanol–water partition coefficient (Wildman–Crippen LogP) is 4.16. The third-order valence-electron chi connectivity index (χ3n) is 4.43. The number of ether oxygens (including phenoxy) is 1. The summed E-state index contributed by atoms with van der Waals surface area (Å²) in [6.45, 7) is 8.19. The summed E-state index contributed by atoms with van der Waals surface area (Å²) in [7, 11) is 0. The van der Waals surface area contributed by atoms with Gasteiger partial charge in [0.25, 0.3) is 5.92 Å². The summed E-state index contributed by atoms with van der Waals surface area (Å²) >= 11 is 3.15. The van der Waals surface area contributed by atoms with Crippen molar-refractivity contribution in [2.45, 2.75) is 64.6 Å². The number of rotatable bonds is 8. The number of esters is 1. The lowest BCUT2D eigenvalue weighted by Crippen LogP contribution is -2.55. The fraction of sp³-hybridized carbons (Fsp3) is 0.933. The van der Waals surface area contributed by atoms with Gasteiger partial charge in [-0.2, -0.15) is 0 Å². The average molecular weight is 373 g/mol. The molecule has 0 amide bonds. The maximum Gasteiger partial charge on any atom is 0.322 e. The molecule has 0 aromatic carbocycles. The van der Waals surface area contributed by atoms with Crippen molar-refractivity contribution in [3.63, 3.8) is 0 Å². The van der Waals surface area contributed by atoms with E-state index in [0.29, 0.717) is 0 Å². The van der Waals surface area contributed by atoms with Crippen molar-refractivity contribution in [1.29, 1.82) is 0 Å². The number of carbonyl (C=O) groups excluding carboxylic acids is 1. The van der Waals surface area contributed by atoms with Crippen LogP contribution in [0.2, 0.25) is 0 Å². The van der Waals surface area contributed by atoms with Gasteiger partial charge in [-0.25, -0.2) is 8.78 Å². The Morgan fingerprint density at radius 1 is 1.10 bits per heavy atom. The van der Waals surface area contributed by atoms with E-state index in [1.165, 1.54) is 13.8 Å². The molecule has 0 saturated carbocycles. The van der Waals surface area contributed by atoms with Crippen molar-refractivity contribution in [3.8, 4) is 0 Å². The summed E-state index contributed by atoms with van der Waals surface area (Å²) in [6, 6.07) is 0. The lowest BCUT2D eigenvalue weighted by Gasteiger charge is -2.46. The summed E-state index contributed by atoms with van der Waals surface area (Å²) in [5, 5.41) is 9.39. The Kier molecular flexibility index (Phi) is 6.83. The zero-order valence-corrected chi connectivity index (χ0v) is 15.3. The molecular formula is C15H27BrF2O3. The summed E-state index contributed by atoms with van der Waals surface area (Å²) < 4.78 is 34.0. The standard InChI is InChI=1S/C15H27BrF2O3/c1-7-13(5,9-19)15(17,18)14(6,8-2)10-21-11(20)12(3,4)16/h19H,7-10H2,1-6H3. The molecule has 0 fully saturated rings. The van der Waals surface area contributed by atoms with Gasteiger partial charge in [-0.05, 0) is 26.7 Å². The molecule has 0 aliphatic heterocycles. The molecule has 0 aromatic rings. The van der Waals surface area contributed by atoms with E-state index < -0.39 is 33.7 Å². The molecule has 0 rings (SSSR count). The van der Waals surface area contributed by atoms with Gasteiger partial charge in [-0.3, -0.25) is 4.79 Å². The molecule has 0 aliphatic carbocycles. The molecule has 0 radical (unpaired) electrons. The van der Waals surface area contributed by atoms with Crippen LogP contribution in [0.1, 0.15) is 54.4 Å². The Morgan fingerprint density at radius 2 is 1.52 bits per heavy atom. The van der Waals surface area contributed by atoms with Crippen LogP contribution < -0.4 is 0 Å². The molecule has 2 atom stereocenters. The smallest absolute Gasteiger partial charge is 0.322 e. The van der Waals surface area contributed by atoms with Gasteiger partial charge in [-0.15, -0.1) is 0 Å². The lowest BCUT2D eigenvalue weighted by molar-refractivity contribution is -0.228. The van der Waals surface area contributed by atoms with Crippen molar-refractivity contribution in [1.82, 2.24) is 0 Å². The molecule has 126 valence electrons. The van der Waals surface area contributed by atoms with Crippen LogP contribution in [-0.4, -0.2) is 34.5 Å². The first-order chi connectivity index (χ1) is 9.31. The molecule has 0 heterocycles. The summed E-state index contributed by atoms with van der Waals surface area (Å²) in [4.78, 5) is 11.8. The predicted molar refractivity (Wildman–Crippen MR) is 82.8 cm³/mol. The summed E-state index contributed by atoms with van der Waals surface area (Å²) in [5.41, 5.74) is -3.08. The second-order valence-corrected chi connectivity index (χ2v) is 8.59. The Bertz CT molecular complexity index is 362. The number of hydrogen-bond donors (Lipinski definition) is 1. The molecule has 6 heteroatoms. The highest BCUT2D eigenvalue weighted by Gasteiger charge is 2.60. The molecule has 0 saturated heterocycles. The second kappa shape index (κ2) is 6.90. The van der Waals surface area contributed by atoms with Gasteiger partial charge < -0.3 is 9.84 Å². The van der Waals surface area contributed by atoms with Gasteiger partial charge in [0, 0.05) is 0 Å². The fourth-order valence-corrected chi connectivity index (χ4v) is 2.09. The monoisotopic (exact) mass is 372 g/mol. The minimum absolute atomic E-state index is 0.129. The van der Waals surface area contributed by atoms with Gasteiger partial charge in [0.05, 0.1) is 17.4 Å². The molecule has 0 aliphatic rings. The topological polar surface area (TPSA) is 46.5 Å². The van der Waals surface area contributed by atoms with Crippen LogP contribution in [0.15, 0.2) is 0 Å². The fourth-order valence-electron chi connectivity index (χ4n) is 1.97.